The molecule has 41 heavy (non-hydrogen) atoms. The zero-order chi connectivity index (χ0) is 29.5. The Labute approximate surface area is 246 Å². The molecule has 6 rings (SSSR count). The molecule has 2 N–H and O–H groups in total. The quantitative estimate of drug-likeness (QED) is 0.363. The first-order chi connectivity index (χ1) is 19.2. The van der Waals surface area contributed by atoms with Crippen molar-refractivity contribution in [2.24, 2.45) is 5.92 Å². The van der Waals surface area contributed by atoms with E-state index in [2.05, 4.69) is 5.32 Å². The lowest BCUT2D eigenvalue weighted by molar-refractivity contribution is -0.172. The van der Waals surface area contributed by atoms with Crippen LogP contribution in [0.5, 0.6) is 0 Å². The lowest BCUT2D eigenvalue weighted by Gasteiger charge is -2.38. The zero-order valence-electron chi connectivity index (χ0n) is 22.8. The van der Waals surface area contributed by atoms with Crippen molar-refractivity contribution in [2.45, 2.75) is 75.3 Å². The monoisotopic (exact) mass is 606 g/mol. The largest absolute Gasteiger partial charge is 0.478 e. The van der Waals surface area contributed by atoms with Gasteiger partial charge in [-0.3, -0.25) is 0 Å². The number of nitrogens with zero attached hydrogens (tertiary/aromatic N) is 1. The molecule has 3 fully saturated rings. The fourth-order valence-electron chi connectivity index (χ4n) is 6.49. The molecular formula is C30H30Cl2F2N2O5. The minimum Gasteiger partial charge on any atom is -0.478 e. The van der Waals surface area contributed by atoms with Crippen LogP contribution in [0.15, 0.2) is 47.7 Å². The molecule has 2 saturated carbocycles. The van der Waals surface area contributed by atoms with Gasteiger partial charge in [-0.1, -0.05) is 35.3 Å². The summed E-state index contributed by atoms with van der Waals surface area (Å²) < 4.78 is 36.5. The number of hydrogen-bond donors (Lipinski definition) is 2. The van der Waals surface area contributed by atoms with E-state index >= 15 is 8.78 Å². The van der Waals surface area contributed by atoms with Gasteiger partial charge in [0.1, 0.15) is 23.0 Å². The Balaban J connectivity index is 1.36. The van der Waals surface area contributed by atoms with Crippen molar-refractivity contribution in [2.75, 3.05) is 6.54 Å². The van der Waals surface area contributed by atoms with Gasteiger partial charge in [0.05, 0.1) is 11.6 Å². The van der Waals surface area contributed by atoms with Crippen LogP contribution in [-0.2, 0) is 19.9 Å². The molecule has 0 aromatic heterocycles. The van der Waals surface area contributed by atoms with E-state index < -0.39 is 46.6 Å². The van der Waals surface area contributed by atoms with Crippen molar-refractivity contribution >= 4 is 35.1 Å². The van der Waals surface area contributed by atoms with E-state index in [1.54, 1.807) is 51.1 Å². The Kier molecular flexibility index (Phi) is 6.69. The second-order valence-electron chi connectivity index (χ2n) is 12.4. The summed E-state index contributed by atoms with van der Waals surface area (Å²) in [5, 5.41) is 15.7. The molecule has 4 atom stereocenters. The van der Waals surface area contributed by atoms with E-state index in [1.165, 1.54) is 11.1 Å². The summed E-state index contributed by atoms with van der Waals surface area (Å²) in [4.78, 5) is 31.3. The standard InChI is InChI=1S/C30H30Cl2F2N2O5/c1-28(2,3)40-27(39)15-7-8-17(20(33)11-15)30-12-16(14-35-30)21(13-30)36-24(22-18(31)5-4-6-19(22)32)23(26(37)38)25(41-36)29(34)9-10-29/h4-8,11,16,21,24,35H,9-10,12-14H2,1-3H3,(H,37,38). The van der Waals surface area contributed by atoms with Crippen LogP contribution >= 0.6 is 23.2 Å². The maximum absolute atomic E-state index is 15.6. The molecule has 218 valence electrons. The third-order valence-corrected chi connectivity index (χ3v) is 9.09. The van der Waals surface area contributed by atoms with E-state index in [4.69, 9.17) is 32.8 Å². The third kappa shape index (κ3) is 4.80. The van der Waals surface area contributed by atoms with Gasteiger partial charge in [-0.2, -0.15) is 0 Å². The number of carbonyl (C=O) groups is 2. The maximum atomic E-state index is 15.6. The highest BCUT2D eigenvalue weighted by Gasteiger charge is 2.62. The average Bonchev–Trinajstić information content (AvgIpc) is 3.22. The van der Waals surface area contributed by atoms with Gasteiger partial charge in [0.25, 0.3) is 0 Å². The summed E-state index contributed by atoms with van der Waals surface area (Å²) >= 11 is 13.1. The van der Waals surface area contributed by atoms with Crippen molar-refractivity contribution < 1.29 is 33.1 Å². The van der Waals surface area contributed by atoms with Crippen LogP contribution in [0.1, 0.15) is 74.0 Å². The molecule has 4 unspecified atom stereocenters. The smallest absolute Gasteiger partial charge is 0.338 e. The molecule has 4 aliphatic rings. The number of carboxylic acids is 1. The van der Waals surface area contributed by atoms with E-state index in [0.29, 0.717) is 30.5 Å². The van der Waals surface area contributed by atoms with Gasteiger partial charge in [-0.15, -0.1) is 5.06 Å². The molecule has 2 aliphatic heterocycles. The molecule has 0 radical (unpaired) electrons. The van der Waals surface area contributed by atoms with Gasteiger partial charge in [-0.05, 0) is 76.6 Å². The molecule has 0 spiro atoms. The SMILES string of the molecule is CC(C)(C)OC(=O)c1ccc(C23CC(CN2)C(N2OC(C4(F)CC4)=C(C(=O)O)C2c2c(Cl)cccc2Cl)C3)c(F)c1. The Morgan fingerprint density at radius 2 is 1.83 bits per heavy atom. The van der Waals surface area contributed by atoms with E-state index in [1.807, 2.05) is 0 Å². The van der Waals surface area contributed by atoms with Crippen molar-refractivity contribution in [1.29, 1.82) is 0 Å². The van der Waals surface area contributed by atoms with Gasteiger partial charge in [-0.25, -0.2) is 18.4 Å². The summed E-state index contributed by atoms with van der Waals surface area (Å²) in [6.45, 7) is 5.72. The van der Waals surface area contributed by atoms with Crippen molar-refractivity contribution in [3.8, 4) is 0 Å². The molecule has 1 saturated heterocycles. The highest BCUT2D eigenvalue weighted by molar-refractivity contribution is 6.36. The number of hydroxylamine groups is 2. The minimum absolute atomic E-state index is 0.0761. The summed E-state index contributed by atoms with van der Waals surface area (Å²) in [7, 11) is 0. The lowest BCUT2D eigenvalue weighted by atomic mass is 9.87. The molecule has 2 aliphatic carbocycles. The van der Waals surface area contributed by atoms with Crippen LogP contribution in [0.25, 0.3) is 0 Å². The Morgan fingerprint density at radius 1 is 1.15 bits per heavy atom. The number of ether oxygens (including phenoxy) is 1. The summed E-state index contributed by atoms with van der Waals surface area (Å²) in [5.74, 6) is -2.78. The molecule has 11 heteroatoms. The number of esters is 1. The fourth-order valence-corrected chi connectivity index (χ4v) is 7.09. The van der Waals surface area contributed by atoms with E-state index in [-0.39, 0.29) is 45.7 Å². The van der Waals surface area contributed by atoms with Crippen LogP contribution in [0, 0.1) is 11.7 Å². The number of hydrogen-bond acceptors (Lipinski definition) is 6. The second kappa shape index (κ2) is 9.66. The molecular weight excluding hydrogens is 577 g/mol. The number of nitrogens with one attached hydrogen (secondary N) is 1. The topological polar surface area (TPSA) is 88.1 Å². The minimum atomic E-state index is -1.87. The summed E-state index contributed by atoms with van der Waals surface area (Å²) in [6, 6.07) is 7.71. The van der Waals surface area contributed by atoms with Crippen molar-refractivity contribution in [3.63, 3.8) is 0 Å². The molecule has 0 amide bonds. The number of carboxylic acid groups (broad SMARTS) is 1. The fraction of sp³-hybridized carbons (Fsp3) is 0.467. The number of fused-ring (bicyclic) bond motifs is 2. The van der Waals surface area contributed by atoms with Gasteiger partial charge >= 0.3 is 11.9 Å². The molecule has 7 nitrogen and oxygen atoms in total. The molecule has 2 heterocycles. The number of allylic oxidation sites excluding steroid dienone is 1. The van der Waals surface area contributed by atoms with Crippen LogP contribution in [0.2, 0.25) is 10.0 Å². The summed E-state index contributed by atoms with van der Waals surface area (Å²) in [5.41, 5.74) is -2.80. The summed E-state index contributed by atoms with van der Waals surface area (Å²) in [6.07, 6.45) is 1.19. The van der Waals surface area contributed by atoms with Gasteiger partial charge in [0.15, 0.2) is 11.4 Å². The number of piperidine rings is 1. The van der Waals surface area contributed by atoms with Crippen LogP contribution in [0.3, 0.4) is 0 Å². The molecule has 2 aromatic rings. The number of aliphatic carboxylic acids is 1. The number of alkyl halides is 1. The number of benzene rings is 2. The Morgan fingerprint density at radius 3 is 2.41 bits per heavy atom. The first-order valence-corrected chi connectivity index (χ1v) is 14.3. The zero-order valence-corrected chi connectivity index (χ0v) is 24.3. The second-order valence-corrected chi connectivity index (χ2v) is 13.2. The Bertz CT molecular complexity index is 1470. The first kappa shape index (κ1) is 28.4. The van der Waals surface area contributed by atoms with Gasteiger partial charge in [0.2, 0.25) is 0 Å². The van der Waals surface area contributed by atoms with Crippen LogP contribution in [-0.4, -0.2) is 46.0 Å². The predicted octanol–water partition coefficient (Wildman–Crippen LogP) is 6.49. The van der Waals surface area contributed by atoms with Crippen molar-refractivity contribution in [3.05, 3.63) is 80.3 Å². The van der Waals surface area contributed by atoms with Crippen LogP contribution < -0.4 is 5.32 Å². The van der Waals surface area contributed by atoms with Gasteiger partial charge in [0, 0.05) is 33.3 Å². The third-order valence-electron chi connectivity index (χ3n) is 8.43. The van der Waals surface area contributed by atoms with Gasteiger partial charge < -0.3 is 20.0 Å². The van der Waals surface area contributed by atoms with E-state index in [0.717, 1.165) is 0 Å². The highest BCUT2D eigenvalue weighted by atomic mass is 35.5. The number of carbonyl (C=O) groups excluding carboxylic acids is 1. The Hall–Kier alpha value is -2.72. The lowest BCUT2D eigenvalue weighted by Crippen LogP contribution is -2.48. The van der Waals surface area contributed by atoms with Crippen LogP contribution in [0.4, 0.5) is 8.78 Å². The average molecular weight is 607 g/mol. The number of halogens is 4. The maximum Gasteiger partial charge on any atom is 0.338 e. The molecule has 2 bridgehead atoms. The molecule has 2 aromatic carbocycles. The van der Waals surface area contributed by atoms with Crippen molar-refractivity contribution in [1.82, 2.24) is 10.4 Å². The highest BCUT2D eigenvalue weighted by Crippen LogP contribution is 2.58. The first-order valence-electron chi connectivity index (χ1n) is 13.6. The number of rotatable bonds is 6. The predicted molar refractivity (Wildman–Crippen MR) is 148 cm³/mol. The normalized spacial score (nSPS) is 28.6. The van der Waals surface area contributed by atoms with E-state index in [9.17, 15) is 14.7 Å².